The Morgan fingerprint density at radius 1 is 0.939 bits per heavy atom. The highest BCUT2D eigenvalue weighted by Crippen LogP contribution is 2.33. The van der Waals surface area contributed by atoms with E-state index in [4.69, 9.17) is 13.9 Å². The van der Waals surface area contributed by atoms with Gasteiger partial charge < -0.3 is 13.9 Å². The van der Waals surface area contributed by atoms with Crippen LogP contribution in [0.5, 0.6) is 11.5 Å². The van der Waals surface area contributed by atoms with Gasteiger partial charge in [0.25, 0.3) is 0 Å². The molecule has 0 N–H and O–H groups in total. The molecule has 0 radical (unpaired) electrons. The van der Waals surface area contributed by atoms with Gasteiger partial charge in [0.2, 0.25) is 11.2 Å². The first-order chi connectivity index (χ1) is 15.7. The van der Waals surface area contributed by atoms with Crippen molar-refractivity contribution in [2.75, 3.05) is 6.61 Å². The van der Waals surface area contributed by atoms with Gasteiger partial charge in [-0.1, -0.05) is 74.9 Å². The summed E-state index contributed by atoms with van der Waals surface area (Å²) in [5.74, 6) is -0.0810. The summed E-state index contributed by atoms with van der Waals surface area (Å²) in [6.07, 6.45) is 0. The number of para-hydroxylation sites is 1. The van der Waals surface area contributed by atoms with Crippen LogP contribution in [0.3, 0.4) is 0 Å². The highest BCUT2D eigenvalue weighted by atomic mass is 16.6. The zero-order chi connectivity index (χ0) is 23.6. The Labute approximate surface area is 192 Å². The van der Waals surface area contributed by atoms with E-state index >= 15 is 0 Å². The van der Waals surface area contributed by atoms with E-state index < -0.39 is 11.4 Å². The van der Waals surface area contributed by atoms with Gasteiger partial charge in [-0.2, -0.15) is 0 Å². The average molecular weight is 443 g/mol. The van der Waals surface area contributed by atoms with Gasteiger partial charge in [-0.25, -0.2) is 4.79 Å². The number of benzene rings is 3. The molecule has 5 nitrogen and oxygen atoms in total. The second-order valence-electron chi connectivity index (χ2n) is 8.99. The highest BCUT2D eigenvalue weighted by Gasteiger charge is 2.22. The number of hydrogen-bond donors (Lipinski definition) is 0. The van der Waals surface area contributed by atoms with E-state index in [-0.39, 0.29) is 23.5 Å². The first-order valence-corrected chi connectivity index (χ1v) is 10.8. The lowest BCUT2D eigenvalue weighted by molar-refractivity contribution is -0.136. The second kappa shape index (κ2) is 8.94. The maximum absolute atomic E-state index is 13.3. The van der Waals surface area contributed by atoms with Gasteiger partial charge in [0.1, 0.15) is 11.3 Å². The van der Waals surface area contributed by atoms with Crippen molar-refractivity contribution in [3.63, 3.8) is 0 Å². The van der Waals surface area contributed by atoms with Crippen molar-refractivity contribution >= 4 is 16.9 Å². The van der Waals surface area contributed by atoms with Crippen LogP contribution in [0.15, 0.2) is 82.0 Å². The maximum Gasteiger partial charge on any atom is 0.349 e. The van der Waals surface area contributed by atoms with Crippen molar-refractivity contribution in [1.82, 2.24) is 0 Å². The molecular weight excluding hydrogens is 416 g/mol. The molecule has 1 heterocycles. The van der Waals surface area contributed by atoms with Gasteiger partial charge in [-0.3, -0.25) is 4.79 Å². The number of aryl methyl sites for hydroxylation is 1. The Morgan fingerprint density at radius 3 is 2.30 bits per heavy atom. The van der Waals surface area contributed by atoms with Gasteiger partial charge in [0, 0.05) is 5.56 Å². The van der Waals surface area contributed by atoms with Crippen molar-refractivity contribution in [3.05, 3.63) is 94.1 Å². The standard InChI is InChI=1S/C28H26O5/c1-18-10-15-23-22(16-18)25(30)27(33-24(29)17-31-21-8-6-5-7-9-21)26(32-23)19-11-13-20(14-12-19)28(2,3)4/h5-16H,17H2,1-4H3. The molecule has 33 heavy (non-hydrogen) atoms. The van der Waals surface area contributed by atoms with Crippen LogP contribution in [0.4, 0.5) is 0 Å². The van der Waals surface area contributed by atoms with Crippen LogP contribution in [-0.2, 0) is 10.2 Å². The van der Waals surface area contributed by atoms with Crippen molar-refractivity contribution < 1.29 is 18.7 Å². The molecule has 0 saturated carbocycles. The molecule has 0 aliphatic heterocycles. The lowest BCUT2D eigenvalue weighted by Gasteiger charge is -2.19. The molecule has 0 fully saturated rings. The fourth-order valence-electron chi connectivity index (χ4n) is 3.50. The summed E-state index contributed by atoms with van der Waals surface area (Å²) < 4.78 is 17.1. The lowest BCUT2D eigenvalue weighted by Crippen LogP contribution is -2.21. The minimum absolute atomic E-state index is 0.0235. The van der Waals surface area contributed by atoms with Gasteiger partial charge >= 0.3 is 5.97 Å². The minimum atomic E-state index is -0.689. The topological polar surface area (TPSA) is 65.7 Å². The molecule has 1 aromatic heterocycles. The van der Waals surface area contributed by atoms with Gasteiger partial charge in [-0.05, 0) is 42.2 Å². The molecule has 0 atom stereocenters. The van der Waals surface area contributed by atoms with Crippen LogP contribution >= 0.6 is 0 Å². The van der Waals surface area contributed by atoms with E-state index in [0.717, 1.165) is 11.1 Å². The van der Waals surface area contributed by atoms with Crippen LogP contribution in [0.1, 0.15) is 31.9 Å². The lowest BCUT2D eigenvalue weighted by atomic mass is 9.86. The summed E-state index contributed by atoms with van der Waals surface area (Å²) >= 11 is 0. The molecule has 4 aromatic rings. The third kappa shape index (κ3) is 4.98. The molecule has 168 valence electrons. The van der Waals surface area contributed by atoms with Crippen LogP contribution in [0, 0.1) is 6.92 Å². The van der Waals surface area contributed by atoms with Gasteiger partial charge in [0.15, 0.2) is 12.4 Å². The number of fused-ring (bicyclic) bond motifs is 1. The smallest absolute Gasteiger partial charge is 0.349 e. The summed E-state index contributed by atoms with van der Waals surface area (Å²) in [6.45, 7) is 7.93. The number of ether oxygens (including phenoxy) is 2. The first kappa shape index (κ1) is 22.3. The number of rotatable bonds is 5. The first-order valence-electron chi connectivity index (χ1n) is 10.8. The Bertz CT molecular complexity index is 1340. The number of carbonyl (C=O) groups is 1. The molecule has 3 aromatic carbocycles. The third-order valence-electron chi connectivity index (χ3n) is 5.33. The second-order valence-corrected chi connectivity index (χ2v) is 8.99. The van der Waals surface area contributed by atoms with Crippen molar-refractivity contribution in [3.8, 4) is 22.8 Å². The van der Waals surface area contributed by atoms with Crippen molar-refractivity contribution in [1.29, 1.82) is 0 Å². The SMILES string of the molecule is Cc1ccc2oc(-c3ccc(C(C)(C)C)cc3)c(OC(=O)COc3ccccc3)c(=O)c2c1. The fraction of sp³-hybridized carbons (Fsp3) is 0.214. The quantitative estimate of drug-likeness (QED) is 0.352. The molecular formula is C28H26O5. The minimum Gasteiger partial charge on any atom is -0.482 e. The molecule has 0 spiro atoms. The van der Waals surface area contributed by atoms with Crippen LogP contribution in [0.25, 0.3) is 22.3 Å². The highest BCUT2D eigenvalue weighted by molar-refractivity contribution is 5.85. The summed E-state index contributed by atoms with van der Waals surface area (Å²) in [5.41, 5.74) is 2.70. The summed E-state index contributed by atoms with van der Waals surface area (Å²) in [5, 5.41) is 0.358. The normalized spacial score (nSPS) is 11.4. The molecule has 0 bridgehead atoms. The van der Waals surface area contributed by atoms with E-state index in [1.165, 1.54) is 0 Å². The Hall–Kier alpha value is -3.86. The predicted molar refractivity (Wildman–Crippen MR) is 129 cm³/mol. The van der Waals surface area contributed by atoms with Crippen molar-refractivity contribution in [2.24, 2.45) is 0 Å². The van der Waals surface area contributed by atoms with Gasteiger partial charge in [0.05, 0.1) is 5.39 Å². The molecule has 0 unspecified atom stereocenters. The largest absolute Gasteiger partial charge is 0.482 e. The molecule has 4 rings (SSSR count). The number of esters is 1. The van der Waals surface area contributed by atoms with Crippen LogP contribution in [0.2, 0.25) is 0 Å². The third-order valence-corrected chi connectivity index (χ3v) is 5.33. The van der Waals surface area contributed by atoms with E-state index in [1.54, 1.807) is 36.4 Å². The van der Waals surface area contributed by atoms with Crippen molar-refractivity contribution in [2.45, 2.75) is 33.1 Å². The molecule has 5 heteroatoms. The Kier molecular flexibility index (Phi) is 6.05. The average Bonchev–Trinajstić information content (AvgIpc) is 2.80. The molecule has 0 aliphatic rings. The predicted octanol–water partition coefficient (Wildman–Crippen LogP) is 6.05. The van der Waals surface area contributed by atoms with Crippen LogP contribution in [-0.4, -0.2) is 12.6 Å². The number of hydrogen-bond acceptors (Lipinski definition) is 5. The maximum atomic E-state index is 13.3. The molecule has 0 amide bonds. The zero-order valence-corrected chi connectivity index (χ0v) is 19.2. The Morgan fingerprint density at radius 2 is 1.64 bits per heavy atom. The van der Waals surface area contributed by atoms with Crippen LogP contribution < -0.4 is 14.9 Å². The monoisotopic (exact) mass is 442 g/mol. The van der Waals surface area contributed by atoms with E-state index in [9.17, 15) is 9.59 Å². The Balaban J connectivity index is 1.73. The summed E-state index contributed by atoms with van der Waals surface area (Å²) in [7, 11) is 0. The fourth-order valence-corrected chi connectivity index (χ4v) is 3.50. The van der Waals surface area contributed by atoms with E-state index in [2.05, 4.69) is 20.8 Å². The van der Waals surface area contributed by atoms with Gasteiger partial charge in [-0.15, -0.1) is 0 Å². The molecule has 0 aliphatic carbocycles. The summed E-state index contributed by atoms with van der Waals surface area (Å²) in [4.78, 5) is 25.9. The zero-order valence-electron chi connectivity index (χ0n) is 19.2. The van der Waals surface area contributed by atoms with E-state index in [1.807, 2.05) is 43.3 Å². The van der Waals surface area contributed by atoms with E-state index in [0.29, 0.717) is 22.3 Å². The summed E-state index contributed by atoms with van der Waals surface area (Å²) in [6, 6.07) is 22.0. The number of carbonyl (C=O) groups excluding carboxylic acids is 1. The molecule has 0 saturated heterocycles.